The second kappa shape index (κ2) is 8.77. The van der Waals surface area contributed by atoms with Gasteiger partial charge in [-0.15, -0.1) is 0 Å². The molecule has 7 nitrogen and oxygen atoms in total. The van der Waals surface area contributed by atoms with E-state index >= 15 is 0 Å². The first kappa shape index (κ1) is 23.0. The van der Waals surface area contributed by atoms with E-state index < -0.39 is 27.4 Å². The normalized spacial score (nSPS) is 16.1. The van der Waals surface area contributed by atoms with Crippen LogP contribution in [-0.2, 0) is 9.84 Å². The highest BCUT2D eigenvalue weighted by atomic mass is 32.2. The van der Waals surface area contributed by atoms with E-state index in [0.717, 1.165) is 30.5 Å². The van der Waals surface area contributed by atoms with Gasteiger partial charge in [0.2, 0.25) is 0 Å². The number of fused-ring (bicyclic) bond motifs is 1. The number of hydrogen-bond donors (Lipinski definition) is 1. The first-order chi connectivity index (χ1) is 16.7. The summed E-state index contributed by atoms with van der Waals surface area (Å²) in [7, 11) is -3.34. The molecule has 1 atom stereocenters. The van der Waals surface area contributed by atoms with Gasteiger partial charge in [-0.05, 0) is 67.4 Å². The molecule has 2 aromatic carbocycles. The molecule has 1 amide bonds. The third-order valence-electron chi connectivity index (χ3n) is 6.19. The molecule has 0 bridgehead atoms. The maximum Gasteiger partial charge on any atom is 0.259 e. The first-order valence-electron chi connectivity index (χ1n) is 11.0. The van der Waals surface area contributed by atoms with Crippen LogP contribution in [0.1, 0.15) is 34.8 Å². The number of aromatic nitrogens is 2. The molecule has 180 valence electrons. The highest BCUT2D eigenvalue weighted by molar-refractivity contribution is 7.90. The number of carbonyl (C=O) groups excluding carboxylic acids is 1. The van der Waals surface area contributed by atoms with Gasteiger partial charge < -0.3 is 10.2 Å². The van der Waals surface area contributed by atoms with Crippen LogP contribution >= 0.6 is 0 Å². The summed E-state index contributed by atoms with van der Waals surface area (Å²) < 4.78 is 53.2. The van der Waals surface area contributed by atoms with Crippen LogP contribution in [0, 0.1) is 11.6 Å². The van der Waals surface area contributed by atoms with E-state index in [1.54, 1.807) is 10.7 Å². The fraction of sp³-hybridized carbons (Fsp3) is 0.200. The molecule has 1 aliphatic rings. The van der Waals surface area contributed by atoms with Crippen molar-refractivity contribution < 1.29 is 22.0 Å². The van der Waals surface area contributed by atoms with Crippen LogP contribution in [0.5, 0.6) is 0 Å². The Morgan fingerprint density at radius 2 is 1.86 bits per heavy atom. The predicted molar refractivity (Wildman–Crippen MR) is 128 cm³/mol. The Morgan fingerprint density at radius 1 is 1.09 bits per heavy atom. The van der Waals surface area contributed by atoms with Crippen LogP contribution in [0.25, 0.3) is 5.52 Å². The van der Waals surface area contributed by atoms with Crippen molar-refractivity contribution in [3.63, 3.8) is 0 Å². The Morgan fingerprint density at radius 3 is 2.60 bits per heavy atom. The molecular weight excluding hydrogens is 474 g/mol. The average Bonchev–Trinajstić information content (AvgIpc) is 3.47. The maximum absolute atomic E-state index is 14.5. The molecule has 5 rings (SSSR count). The molecule has 1 fully saturated rings. The van der Waals surface area contributed by atoms with Crippen molar-refractivity contribution in [3.05, 3.63) is 89.8 Å². The summed E-state index contributed by atoms with van der Waals surface area (Å²) >= 11 is 0. The van der Waals surface area contributed by atoms with Crippen LogP contribution in [-0.4, -0.2) is 36.7 Å². The summed E-state index contributed by atoms with van der Waals surface area (Å²) in [5, 5.41) is 7.01. The van der Waals surface area contributed by atoms with Crippen molar-refractivity contribution in [2.24, 2.45) is 0 Å². The number of benzene rings is 2. The summed E-state index contributed by atoms with van der Waals surface area (Å²) in [6.45, 7) is 0.666. The summed E-state index contributed by atoms with van der Waals surface area (Å²) in [5.41, 5.74) is 2.41. The number of amides is 1. The van der Waals surface area contributed by atoms with Crippen LogP contribution in [0.15, 0.2) is 71.9 Å². The van der Waals surface area contributed by atoms with Gasteiger partial charge in [-0.25, -0.2) is 21.7 Å². The van der Waals surface area contributed by atoms with Gasteiger partial charge in [-0.2, -0.15) is 5.10 Å². The third-order valence-corrected chi connectivity index (χ3v) is 7.32. The van der Waals surface area contributed by atoms with Crippen LogP contribution in [0.3, 0.4) is 0 Å². The SMILES string of the molecule is CS(=O)(=O)c1ccc(NC(=O)c2cnn3ccc(N4CCC[C@@H]4c4cc(F)ccc4F)cc23)cc1. The Bertz CT molecular complexity index is 1530. The van der Waals surface area contributed by atoms with Gasteiger partial charge in [0.15, 0.2) is 9.84 Å². The molecule has 1 saturated heterocycles. The molecule has 0 unspecified atom stereocenters. The number of hydrogen-bond acceptors (Lipinski definition) is 5. The molecule has 10 heteroatoms. The van der Waals surface area contributed by atoms with E-state index in [0.29, 0.717) is 35.3 Å². The molecule has 3 heterocycles. The lowest BCUT2D eigenvalue weighted by Gasteiger charge is -2.27. The quantitative estimate of drug-likeness (QED) is 0.436. The zero-order chi connectivity index (χ0) is 24.7. The smallest absolute Gasteiger partial charge is 0.259 e. The number of halogens is 2. The van der Waals surface area contributed by atoms with Gasteiger partial charge >= 0.3 is 0 Å². The molecule has 1 aliphatic heterocycles. The number of anilines is 2. The zero-order valence-electron chi connectivity index (χ0n) is 18.8. The van der Waals surface area contributed by atoms with Gasteiger partial charge in [0.05, 0.1) is 28.2 Å². The minimum absolute atomic E-state index is 0.158. The monoisotopic (exact) mass is 496 g/mol. The molecule has 0 spiro atoms. The second-order valence-electron chi connectivity index (χ2n) is 8.54. The molecule has 1 N–H and O–H groups in total. The molecule has 2 aromatic heterocycles. The van der Waals surface area contributed by atoms with Gasteiger partial charge in [-0.3, -0.25) is 4.79 Å². The molecular formula is C25H22F2N4O3S. The fourth-order valence-corrected chi connectivity index (χ4v) is 5.11. The summed E-state index contributed by atoms with van der Waals surface area (Å²) in [4.78, 5) is 15.2. The lowest BCUT2D eigenvalue weighted by atomic mass is 10.0. The molecule has 0 saturated carbocycles. The Labute approximate surface area is 200 Å². The minimum Gasteiger partial charge on any atom is -0.364 e. The highest BCUT2D eigenvalue weighted by Gasteiger charge is 2.29. The van der Waals surface area contributed by atoms with Crippen LogP contribution in [0.2, 0.25) is 0 Å². The zero-order valence-corrected chi connectivity index (χ0v) is 19.6. The van der Waals surface area contributed by atoms with Gasteiger partial charge in [0.25, 0.3) is 5.91 Å². The summed E-state index contributed by atoms with van der Waals surface area (Å²) in [5.74, 6) is -1.34. The van der Waals surface area contributed by atoms with Gasteiger partial charge in [-0.1, -0.05) is 0 Å². The van der Waals surface area contributed by atoms with E-state index in [4.69, 9.17) is 0 Å². The predicted octanol–water partition coefficient (Wildman–Crippen LogP) is 4.61. The molecule has 4 aromatic rings. The number of nitrogens with one attached hydrogen (secondary N) is 1. The number of carbonyl (C=O) groups is 1. The van der Waals surface area contributed by atoms with Crippen molar-refractivity contribution >= 4 is 32.6 Å². The lowest BCUT2D eigenvalue weighted by molar-refractivity contribution is 0.102. The summed E-state index contributed by atoms with van der Waals surface area (Å²) in [6.07, 6.45) is 5.79. The van der Waals surface area contributed by atoms with E-state index in [2.05, 4.69) is 10.4 Å². The second-order valence-corrected chi connectivity index (χ2v) is 10.6. The van der Waals surface area contributed by atoms with E-state index in [1.807, 2.05) is 17.0 Å². The summed E-state index contributed by atoms with van der Waals surface area (Å²) in [6, 6.07) is 12.7. The van der Waals surface area contributed by atoms with E-state index in [1.165, 1.54) is 36.5 Å². The lowest BCUT2D eigenvalue weighted by Crippen LogP contribution is -2.23. The van der Waals surface area contributed by atoms with Crippen molar-refractivity contribution in [1.82, 2.24) is 9.61 Å². The average molecular weight is 497 g/mol. The van der Waals surface area contributed by atoms with Crippen LogP contribution < -0.4 is 10.2 Å². The molecule has 35 heavy (non-hydrogen) atoms. The maximum atomic E-state index is 14.5. The standard InChI is InChI=1S/C25H22F2N4O3S/c1-35(33,34)19-7-5-17(6-8-19)29-25(32)21-15-28-31-12-10-18(14-24(21)31)30-11-2-3-23(30)20-13-16(26)4-9-22(20)27/h4-10,12-15,23H,2-3,11H2,1H3,(H,29,32)/t23-/m1/s1. The van der Waals surface area contributed by atoms with Crippen molar-refractivity contribution in [3.8, 4) is 0 Å². The Hall–Kier alpha value is -3.79. The van der Waals surface area contributed by atoms with Crippen LogP contribution in [0.4, 0.5) is 20.2 Å². The van der Waals surface area contributed by atoms with E-state index in [-0.39, 0.29) is 10.9 Å². The van der Waals surface area contributed by atoms with Crippen molar-refractivity contribution in [1.29, 1.82) is 0 Å². The number of sulfone groups is 1. The van der Waals surface area contributed by atoms with Gasteiger partial charge in [0.1, 0.15) is 11.6 Å². The van der Waals surface area contributed by atoms with E-state index in [9.17, 15) is 22.0 Å². The fourth-order valence-electron chi connectivity index (χ4n) is 4.48. The number of nitrogens with zero attached hydrogens (tertiary/aromatic N) is 3. The largest absolute Gasteiger partial charge is 0.364 e. The third kappa shape index (κ3) is 4.49. The van der Waals surface area contributed by atoms with Crippen molar-refractivity contribution in [2.75, 3.05) is 23.0 Å². The van der Waals surface area contributed by atoms with Gasteiger partial charge in [0, 0.05) is 35.9 Å². The first-order valence-corrected chi connectivity index (χ1v) is 12.9. The number of rotatable bonds is 5. The van der Waals surface area contributed by atoms with Crippen molar-refractivity contribution in [2.45, 2.75) is 23.8 Å². The minimum atomic E-state index is -3.34. The molecule has 0 aliphatic carbocycles. The number of pyridine rings is 1. The Kier molecular flexibility index (Phi) is 5.76. The molecule has 0 radical (unpaired) electrons. The Balaban J connectivity index is 1.43. The topological polar surface area (TPSA) is 83.8 Å². The highest BCUT2D eigenvalue weighted by Crippen LogP contribution is 2.38.